The molecular formula is C10H17N3O2. The molecule has 1 heterocycles. The summed E-state index contributed by atoms with van der Waals surface area (Å²) in [6.45, 7) is 1.09. The third kappa shape index (κ3) is 1.91. The standard InChI is InChI=1S/C10H17N3O2/c11-9(14)13-7-6-12(10(13)15)8-4-2-1-3-5-8/h8H,1-7H2,(H2,11,14). The van der Waals surface area contributed by atoms with Crippen molar-refractivity contribution < 1.29 is 9.59 Å². The molecule has 1 saturated heterocycles. The third-order valence-electron chi connectivity index (χ3n) is 3.32. The van der Waals surface area contributed by atoms with Gasteiger partial charge < -0.3 is 10.6 Å². The first-order valence-electron chi connectivity index (χ1n) is 5.57. The summed E-state index contributed by atoms with van der Waals surface area (Å²) in [5, 5.41) is 0. The number of carbonyl (C=O) groups is 2. The first-order valence-corrected chi connectivity index (χ1v) is 5.57. The van der Waals surface area contributed by atoms with Crippen LogP contribution in [-0.2, 0) is 0 Å². The zero-order valence-corrected chi connectivity index (χ0v) is 8.82. The molecule has 4 amide bonds. The SMILES string of the molecule is NC(=O)N1CCN(C2CCCCC2)C1=O. The number of hydrogen-bond donors (Lipinski definition) is 1. The number of nitrogens with two attached hydrogens (primary N) is 1. The molecular weight excluding hydrogens is 194 g/mol. The van der Waals surface area contributed by atoms with Crippen molar-refractivity contribution in [3.8, 4) is 0 Å². The van der Waals surface area contributed by atoms with Crippen LogP contribution in [0.4, 0.5) is 9.59 Å². The Bertz CT molecular complexity index is 274. The summed E-state index contributed by atoms with van der Waals surface area (Å²) in [6.07, 6.45) is 5.77. The number of urea groups is 2. The number of nitrogens with zero attached hydrogens (tertiary/aromatic N) is 2. The smallest absolute Gasteiger partial charge is 0.328 e. The molecule has 84 valence electrons. The molecule has 1 saturated carbocycles. The molecule has 0 aromatic carbocycles. The van der Waals surface area contributed by atoms with Gasteiger partial charge in [0.1, 0.15) is 0 Å². The van der Waals surface area contributed by atoms with Crippen molar-refractivity contribution in [2.45, 2.75) is 38.1 Å². The zero-order valence-electron chi connectivity index (χ0n) is 8.82. The molecule has 2 N–H and O–H groups in total. The molecule has 0 spiro atoms. The van der Waals surface area contributed by atoms with Crippen LogP contribution in [0.1, 0.15) is 32.1 Å². The fourth-order valence-electron chi connectivity index (χ4n) is 2.49. The van der Waals surface area contributed by atoms with Crippen molar-refractivity contribution in [2.75, 3.05) is 13.1 Å². The summed E-state index contributed by atoms with van der Waals surface area (Å²) in [7, 11) is 0. The maximum absolute atomic E-state index is 11.8. The molecule has 1 aliphatic carbocycles. The lowest BCUT2D eigenvalue weighted by Crippen LogP contribution is -2.43. The highest BCUT2D eigenvalue weighted by molar-refractivity contribution is 5.94. The summed E-state index contributed by atoms with van der Waals surface area (Å²) in [5.41, 5.74) is 5.12. The summed E-state index contributed by atoms with van der Waals surface area (Å²) in [5.74, 6) is 0. The fraction of sp³-hybridized carbons (Fsp3) is 0.800. The topological polar surface area (TPSA) is 66.6 Å². The van der Waals surface area contributed by atoms with E-state index < -0.39 is 6.03 Å². The maximum Gasteiger partial charge on any atom is 0.328 e. The molecule has 0 bridgehead atoms. The van der Waals surface area contributed by atoms with Crippen molar-refractivity contribution in [2.24, 2.45) is 5.73 Å². The average Bonchev–Trinajstić information content (AvgIpc) is 2.61. The number of carbonyl (C=O) groups excluding carboxylic acids is 2. The number of hydrogen-bond acceptors (Lipinski definition) is 2. The highest BCUT2D eigenvalue weighted by Crippen LogP contribution is 2.25. The fourth-order valence-corrected chi connectivity index (χ4v) is 2.49. The van der Waals surface area contributed by atoms with E-state index in [1.54, 1.807) is 0 Å². The largest absolute Gasteiger partial charge is 0.351 e. The van der Waals surface area contributed by atoms with Gasteiger partial charge in [0.2, 0.25) is 0 Å². The Kier molecular flexibility index (Phi) is 2.79. The highest BCUT2D eigenvalue weighted by Gasteiger charge is 2.36. The first-order chi connectivity index (χ1) is 7.20. The van der Waals surface area contributed by atoms with E-state index in [1.807, 2.05) is 4.90 Å². The second-order valence-corrected chi connectivity index (χ2v) is 4.26. The predicted molar refractivity (Wildman–Crippen MR) is 55.3 cm³/mol. The van der Waals surface area contributed by atoms with Crippen molar-refractivity contribution in [1.82, 2.24) is 9.80 Å². The van der Waals surface area contributed by atoms with Crippen LogP contribution in [0, 0.1) is 0 Å². The molecule has 0 radical (unpaired) electrons. The molecule has 5 heteroatoms. The first kappa shape index (κ1) is 10.3. The molecule has 2 aliphatic rings. The zero-order chi connectivity index (χ0) is 10.8. The molecule has 2 fully saturated rings. The van der Waals surface area contributed by atoms with Crippen LogP contribution in [0.2, 0.25) is 0 Å². The molecule has 0 aromatic rings. The van der Waals surface area contributed by atoms with E-state index in [4.69, 9.17) is 5.73 Å². The van der Waals surface area contributed by atoms with Gasteiger partial charge in [-0.2, -0.15) is 0 Å². The highest BCUT2D eigenvalue weighted by atomic mass is 16.2. The molecule has 5 nitrogen and oxygen atoms in total. The van der Waals surface area contributed by atoms with Crippen molar-refractivity contribution in [3.63, 3.8) is 0 Å². The van der Waals surface area contributed by atoms with Gasteiger partial charge in [0.25, 0.3) is 0 Å². The normalized spacial score (nSPS) is 23.6. The van der Waals surface area contributed by atoms with Crippen molar-refractivity contribution >= 4 is 12.1 Å². The Labute approximate surface area is 89.2 Å². The second-order valence-electron chi connectivity index (χ2n) is 4.26. The number of amides is 4. The monoisotopic (exact) mass is 211 g/mol. The van der Waals surface area contributed by atoms with E-state index in [0.717, 1.165) is 17.7 Å². The van der Waals surface area contributed by atoms with Crippen LogP contribution in [0.5, 0.6) is 0 Å². The Hall–Kier alpha value is -1.26. The van der Waals surface area contributed by atoms with Crippen molar-refractivity contribution in [3.05, 3.63) is 0 Å². The van der Waals surface area contributed by atoms with Crippen LogP contribution >= 0.6 is 0 Å². The van der Waals surface area contributed by atoms with Crippen LogP contribution in [0.25, 0.3) is 0 Å². The minimum Gasteiger partial charge on any atom is -0.351 e. The van der Waals surface area contributed by atoms with Crippen LogP contribution in [0.3, 0.4) is 0 Å². The Morgan fingerprint density at radius 3 is 2.40 bits per heavy atom. The molecule has 2 rings (SSSR count). The van der Waals surface area contributed by atoms with Gasteiger partial charge >= 0.3 is 12.1 Å². The minimum atomic E-state index is -0.627. The van der Waals surface area contributed by atoms with Crippen molar-refractivity contribution in [1.29, 1.82) is 0 Å². The van der Waals surface area contributed by atoms with Gasteiger partial charge in [-0.25, -0.2) is 14.5 Å². The van der Waals surface area contributed by atoms with E-state index in [-0.39, 0.29) is 6.03 Å². The van der Waals surface area contributed by atoms with Gasteiger partial charge in [-0.3, -0.25) is 0 Å². The van der Waals surface area contributed by atoms with Gasteiger partial charge in [-0.15, -0.1) is 0 Å². The Morgan fingerprint density at radius 1 is 1.20 bits per heavy atom. The lowest BCUT2D eigenvalue weighted by molar-refractivity contribution is 0.164. The lowest BCUT2D eigenvalue weighted by Gasteiger charge is -2.30. The van der Waals surface area contributed by atoms with Gasteiger partial charge in [0.15, 0.2) is 0 Å². The van der Waals surface area contributed by atoms with E-state index in [9.17, 15) is 9.59 Å². The summed E-state index contributed by atoms with van der Waals surface area (Å²) >= 11 is 0. The summed E-state index contributed by atoms with van der Waals surface area (Å²) in [4.78, 5) is 25.7. The molecule has 15 heavy (non-hydrogen) atoms. The van der Waals surface area contributed by atoms with E-state index in [2.05, 4.69) is 0 Å². The van der Waals surface area contributed by atoms with Gasteiger partial charge in [0, 0.05) is 19.1 Å². The lowest BCUT2D eigenvalue weighted by atomic mass is 9.94. The Morgan fingerprint density at radius 2 is 1.87 bits per heavy atom. The quantitative estimate of drug-likeness (QED) is 0.706. The third-order valence-corrected chi connectivity index (χ3v) is 3.32. The van der Waals surface area contributed by atoms with Gasteiger partial charge in [-0.05, 0) is 12.8 Å². The Balaban J connectivity index is 1.99. The van der Waals surface area contributed by atoms with E-state index in [1.165, 1.54) is 19.3 Å². The molecule has 1 aliphatic heterocycles. The average molecular weight is 211 g/mol. The summed E-state index contributed by atoms with van der Waals surface area (Å²) in [6, 6.07) is -0.497. The van der Waals surface area contributed by atoms with Crippen LogP contribution in [-0.4, -0.2) is 41.0 Å². The van der Waals surface area contributed by atoms with Crippen LogP contribution in [0.15, 0.2) is 0 Å². The number of imide groups is 1. The summed E-state index contributed by atoms with van der Waals surface area (Å²) < 4.78 is 0. The number of rotatable bonds is 1. The molecule has 0 unspecified atom stereocenters. The van der Waals surface area contributed by atoms with Crippen LogP contribution < -0.4 is 5.73 Å². The maximum atomic E-state index is 11.8. The second kappa shape index (κ2) is 4.08. The molecule has 0 atom stereocenters. The van der Waals surface area contributed by atoms with Gasteiger partial charge in [-0.1, -0.05) is 19.3 Å². The van der Waals surface area contributed by atoms with Gasteiger partial charge in [0.05, 0.1) is 0 Å². The predicted octanol–water partition coefficient (Wildman–Crippen LogP) is 1.14. The van der Waals surface area contributed by atoms with E-state index >= 15 is 0 Å². The molecule has 0 aromatic heterocycles. The number of primary amides is 1. The minimum absolute atomic E-state index is 0.200. The van der Waals surface area contributed by atoms with E-state index in [0.29, 0.717) is 19.1 Å².